The van der Waals surface area contributed by atoms with Crippen molar-refractivity contribution < 1.29 is 5.11 Å². The van der Waals surface area contributed by atoms with E-state index in [9.17, 15) is 5.11 Å². The van der Waals surface area contributed by atoms with E-state index in [4.69, 9.17) is 12.2 Å². The van der Waals surface area contributed by atoms with Crippen molar-refractivity contribution in [1.82, 2.24) is 14.9 Å². The third kappa shape index (κ3) is 3.33. The number of thiocarbonyl (C=S) groups is 1. The highest BCUT2D eigenvalue weighted by Crippen LogP contribution is 2.44. The zero-order chi connectivity index (χ0) is 22.2. The van der Waals surface area contributed by atoms with Crippen LogP contribution in [0.25, 0.3) is 5.69 Å². The number of hydrogen-bond donors (Lipinski definition) is 2. The maximum absolute atomic E-state index is 10.5. The van der Waals surface area contributed by atoms with Crippen molar-refractivity contribution in [1.29, 1.82) is 0 Å². The summed E-state index contributed by atoms with van der Waals surface area (Å²) in [5.41, 5.74) is 5.97. The fourth-order valence-corrected chi connectivity index (χ4v) is 4.99. The minimum atomic E-state index is -0.109. The van der Waals surface area contributed by atoms with Crippen LogP contribution in [0.15, 0.2) is 85.1 Å². The number of nitrogens with one attached hydrogen (secondary N) is 1. The predicted molar refractivity (Wildman–Crippen MR) is 131 cm³/mol. The fraction of sp³-hybridized carbons (Fsp3) is 0.154. The molecule has 0 spiro atoms. The Kier molecular flexibility index (Phi) is 5.15. The lowest BCUT2D eigenvalue weighted by Crippen LogP contribution is -2.29. The van der Waals surface area contributed by atoms with Crippen LogP contribution < -0.4 is 10.2 Å². The van der Waals surface area contributed by atoms with Crippen LogP contribution >= 0.6 is 12.2 Å². The Morgan fingerprint density at radius 2 is 1.66 bits per heavy atom. The first-order valence-corrected chi connectivity index (χ1v) is 11.0. The van der Waals surface area contributed by atoms with Gasteiger partial charge in [0.1, 0.15) is 5.75 Å². The summed E-state index contributed by atoms with van der Waals surface area (Å²) in [6.07, 6.45) is 1.81. The molecule has 6 heteroatoms. The van der Waals surface area contributed by atoms with Crippen LogP contribution in [0.3, 0.4) is 0 Å². The number of benzene rings is 2. The summed E-state index contributed by atoms with van der Waals surface area (Å²) in [4.78, 5) is 6.81. The molecular formula is C26H24N4OS. The van der Waals surface area contributed by atoms with E-state index in [-0.39, 0.29) is 17.8 Å². The molecule has 0 aliphatic carbocycles. The molecule has 2 N–H and O–H groups in total. The summed E-state index contributed by atoms with van der Waals surface area (Å²) in [5.74, 6) is 0.252. The summed E-state index contributed by atoms with van der Waals surface area (Å²) < 4.78 is 2.10. The van der Waals surface area contributed by atoms with E-state index < -0.39 is 0 Å². The summed E-state index contributed by atoms with van der Waals surface area (Å²) >= 11 is 5.81. The molecule has 5 nitrogen and oxygen atoms in total. The molecule has 160 valence electrons. The van der Waals surface area contributed by atoms with Crippen LogP contribution in [0.4, 0.5) is 5.69 Å². The lowest BCUT2D eigenvalue weighted by Gasteiger charge is -2.28. The molecule has 0 amide bonds. The van der Waals surface area contributed by atoms with E-state index in [0.717, 1.165) is 34.0 Å². The highest BCUT2D eigenvalue weighted by Gasteiger charge is 2.42. The molecule has 1 aliphatic rings. The van der Waals surface area contributed by atoms with Crippen LogP contribution in [0.5, 0.6) is 5.75 Å². The van der Waals surface area contributed by atoms with Crippen molar-refractivity contribution in [2.75, 3.05) is 4.90 Å². The molecule has 0 radical (unpaired) electrons. The summed E-state index contributed by atoms with van der Waals surface area (Å²) in [5, 5.41) is 14.7. The Hall–Kier alpha value is -3.64. The van der Waals surface area contributed by atoms with Crippen LogP contribution in [-0.4, -0.2) is 19.8 Å². The highest BCUT2D eigenvalue weighted by atomic mass is 32.1. The van der Waals surface area contributed by atoms with Gasteiger partial charge in [-0.1, -0.05) is 36.4 Å². The van der Waals surface area contributed by atoms with Gasteiger partial charge in [-0.2, -0.15) is 0 Å². The highest BCUT2D eigenvalue weighted by molar-refractivity contribution is 7.80. The maximum Gasteiger partial charge on any atom is 0.174 e. The zero-order valence-corrected chi connectivity index (χ0v) is 18.8. The van der Waals surface area contributed by atoms with Crippen molar-refractivity contribution >= 4 is 23.0 Å². The Morgan fingerprint density at radius 1 is 0.938 bits per heavy atom. The minimum Gasteiger partial charge on any atom is -0.506 e. The first kappa shape index (κ1) is 20.3. The molecule has 5 rings (SSSR count). The monoisotopic (exact) mass is 440 g/mol. The Labute approximate surface area is 193 Å². The van der Waals surface area contributed by atoms with Crippen molar-refractivity contribution in [3.05, 3.63) is 108 Å². The van der Waals surface area contributed by atoms with Crippen molar-refractivity contribution in [3.8, 4) is 11.4 Å². The summed E-state index contributed by atoms with van der Waals surface area (Å²) in [6, 6.07) is 25.6. The number of aromatic hydroxyl groups is 1. The number of phenolic OH excluding ortho intramolecular Hbond substituents is 1. The normalized spacial score (nSPS) is 18.1. The van der Waals surface area contributed by atoms with E-state index in [1.807, 2.05) is 60.8 Å². The lowest BCUT2D eigenvalue weighted by atomic mass is 9.96. The van der Waals surface area contributed by atoms with E-state index in [1.54, 1.807) is 6.07 Å². The number of hydrogen-bond acceptors (Lipinski definition) is 3. The van der Waals surface area contributed by atoms with Crippen molar-refractivity contribution in [3.63, 3.8) is 0 Å². The first-order chi connectivity index (χ1) is 15.6. The molecule has 1 fully saturated rings. The maximum atomic E-state index is 10.5. The number of pyridine rings is 1. The van der Waals surface area contributed by atoms with Gasteiger partial charge in [-0.25, -0.2) is 0 Å². The fourth-order valence-electron chi connectivity index (χ4n) is 4.65. The predicted octanol–water partition coefficient (Wildman–Crippen LogP) is 5.37. The second kappa shape index (κ2) is 8.13. The molecule has 4 aromatic rings. The smallest absolute Gasteiger partial charge is 0.174 e. The first-order valence-electron chi connectivity index (χ1n) is 10.6. The second-order valence-electron chi connectivity index (χ2n) is 7.98. The van der Waals surface area contributed by atoms with Gasteiger partial charge in [0.25, 0.3) is 0 Å². The van der Waals surface area contributed by atoms with Gasteiger partial charge in [0, 0.05) is 23.3 Å². The SMILES string of the molecule is Cc1cc([C@@H]2[C@@H](c3ccccn3)NC(=S)N2c2ccccc2)c(C)n1-c1ccccc1O. The average Bonchev–Trinajstić information content (AvgIpc) is 3.31. The molecule has 0 unspecified atom stereocenters. The molecule has 1 saturated heterocycles. The molecule has 2 aromatic carbocycles. The molecule has 1 aliphatic heterocycles. The third-order valence-corrected chi connectivity index (χ3v) is 6.36. The number of rotatable bonds is 4. The average molecular weight is 441 g/mol. The molecule has 2 aromatic heterocycles. The van der Waals surface area contributed by atoms with E-state index >= 15 is 0 Å². The van der Waals surface area contributed by atoms with Gasteiger partial charge in [-0.05, 0) is 74.1 Å². The largest absolute Gasteiger partial charge is 0.506 e. The molecular weight excluding hydrogens is 416 g/mol. The van der Waals surface area contributed by atoms with Crippen LogP contribution in [-0.2, 0) is 0 Å². The van der Waals surface area contributed by atoms with Crippen molar-refractivity contribution in [2.24, 2.45) is 0 Å². The van der Waals surface area contributed by atoms with Gasteiger partial charge >= 0.3 is 0 Å². The molecule has 32 heavy (non-hydrogen) atoms. The standard InChI is InChI=1S/C26H24N4OS/c1-17-16-20(18(2)29(17)22-13-6-7-14-23(22)31)25-24(21-12-8-9-15-27-21)28-26(32)30(25)19-10-4-3-5-11-19/h3-16,24-25,31H,1-2H3,(H,28,32)/t24-,25-/m1/s1. The molecule has 0 saturated carbocycles. The molecule has 3 heterocycles. The number of aryl methyl sites for hydroxylation is 1. The summed E-state index contributed by atoms with van der Waals surface area (Å²) in [6.45, 7) is 4.15. The number of phenols is 1. The van der Waals surface area contributed by atoms with Crippen LogP contribution in [0, 0.1) is 13.8 Å². The van der Waals surface area contributed by atoms with Gasteiger partial charge in [0.15, 0.2) is 5.11 Å². The minimum absolute atomic E-state index is 0.0920. The van der Waals surface area contributed by atoms with E-state index in [0.29, 0.717) is 5.11 Å². The van der Waals surface area contributed by atoms with E-state index in [2.05, 4.69) is 51.8 Å². The van der Waals surface area contributed by atoms with Crippen LogP contribution in [0.2, 0.25) is 0 Å². The molecule has 0 bridgehead atoms. The number of nitrogens with zero attached hydrogens (tertiary/aromatic N) is 3. The third-order valence-electron chi connectivity index (χ3n) is 6.04. The van der Waals surface area contributed by atoms with Crippen molar-refractivity contribution in [2.45, 2.75) is 25.9 Å². The Bertz CT molecular complexity index is 1270. The van der Waals surface area contributed by atoms with Gasteiger partial charge < -0.3 is 19.9 Å². The van der Waals surface area contributed by atoms with Gasteiger partial charge in [0.2, 0.25) is 0 Å². The van der Waals surface area contributed by atoms with Gasteiger partial charge in [-0.3, -0.25) is 4.98 Å². The molecule has 2 atom stereocenters. The Morgan fingerprint density at radius 3 is 2.38 bits per heavy atom. The second-order valence-corrected chi connectivity index (χ2v) is 8.37. The van der Waals surface area contributed by atoms with Gasteiger partial charge in [0.05, 0.1) is 23.5 Å². The topological polar surface area (TPSA) is 53.3 Å². The van der Waals surface area contributed by atoms with Crippen LogP contribution in [0.1, 0.15) is 34.7 Å². The Balaban J connectivity index is 1.70. The van der Waals surface area contributed by atoms with Gasteiger partial charge in [-0.15, -0.1) is 0 Å². The summed E-state index contributed by atoms with van der Waals surface area (Å²) in [7, 11) is 0. The zero-order valence-electron chi connectivity index (χ0n) is 17.9. The quantitative estimate of drug-likeness (QED) is 0.418. The lowest BCUT2D eigenvalue weighted by molar-refractivity contribution is 0.471. The number of anilines is 1. The number of aromatic nitrogens is 2. The number of para-hydroxylation sites is 3. The van der Waals surface area contributed by atoms with E-state index in [1.165, 1.54) is 0 Å².